The molecule has 0 spiro atoms. The lowest BCUT2D eigenvalue weighted by Crippen LogP contribution is -2.13. The maximum Gasteiger partial charge on any atom is 0.345 e. The summed E-state index contributed by atoms with van der Waals surface area (Å²) in [6.07, 6.45) is 2.25. The Morgan fingerprint density at radius 3 is 2.19 bits per heavy atom. The summed E-state index contributed by atoms with van der Waals surface area (Å²) in [5, 5.41) is 1.03. The minimum Gasteiger partial charge on any atom is -0.496 e. The molecule has 0 saturated carbocycles. The second-order valence-corrected chi connectivity index (χ2v) is 5.64. The summed E-state index contributed by atoms with van der Waals surface area (Å²) in [5.74, 6) is -1.67. The fourth-order valence-corrected chi connectivity index (χ4v) is 2.71. The van der Waals surface area contributed by atoms with Gasteiger partial charge in [-0.2, -0.15) is 0 Å². The standard InChI is InChI=1S/C20H20O7/c1-6-7-13-8-14-9-17(26-11(2)21)18(20(23)25-5)19(27-12(3)22)15(14)10-16(13)24-4/h6,8-10H,1,7H2,2-5H3. The van der Waals surface area contributed by atoms with Crippen LogP contribution in [-0.2, 0) is 20.7 Å². The molecule has 0 amide bonds. The van der Waals surface area contributed by atoms with Gasteiger partial charge in [-0.3, -0.25) is 9.59 Å². The van der Waals surface area contributed by atoms with E-state index in [1.54, 1.807) is 18.2 Å². The van der Waals surface area contributed by atoms with E-state index in [0.29, 0.717) is 22.9 Å². The summed E-state index contributed by atoms with van der Waals surface area (Å²) in [5.41, 5.74) is 0.669. The molecule has 0 aliphatic carbocycles. The number of hydrogen-bond acceptors (Lipinski definition) is 7. The molecule has 142 valence electrons. The molecule has 0 fully saturated rings. The molecule has 2 aromatic carbocycles. The first-order chi connectivity index (χ1) is 12.8. The van der Waals surface area contributed by atoms with Crippen molar-refractivity contribution in [1.82, 2.24) is 0 Å². The Balaban J connectivity index is 2.94. The van der Waals surface area contributed by atoms with Crippen LogP contribution in [0.3, 0.4) is 0 Å². The zero-order valence-corrected chi connectivity index (χ0v) is 15.6. The molecule has 0 N–H and O–H groups in total. The first-order valence-corrected chi connectivity index (χ1v) is 8.06. The average molecular weight is 372 g/mol. The van der Waals surface area contributed by atoms with E-state index in [0.717, 1.165) is 5.56 Å². The Morgan fingerprint density at radius 1 is 1.00 bits per heavy atom. The van der Waals surface area contributed by atoms with Crippen molar-refractivity contribution < 1.29 is 33.3 Å². The third-order valence-corrected chi connectivity index (χ3v) is 3.71. The van der Waals surface area contributed by atoms with Gasteiger partial charge >= 0.3 is 17.9 Å². The van der Waals surface area contributed by atoms with Crippen LogP contribution in [0.4, 0.5) is 0 Å². The van der Waals surface area contributed by atoms with Crippen molar-refractivity contribution in [2.75, 3.05) is 14.2 Å². The number of fused-ring (bicyclic) bond motifs is 1. The van der Waals surface area contributed by atoms with E-state index in [-0.39, 0.29) is 17.1 Å². The van der Waals surface area contributed by atoms with Gasteiger partial charge in [-0.1, -0.05) is 6.08 Å². The molecule has 0 heterocycles. The highest BCUT2D eigenvalue weighted by atomic mass is 16.6. The summed E-state index contributed by atoms with van der Waals surface area (Å²) in [7, 11) is 2.68. The number of esters is 3. The number of rotatable bonds is 6. The van der Waals surface area contributed by atoms with E-state index in [9.17, 15) is 14.4 Å². The Bertz CT molecular complexity index is 928. The second kappa shape index (κ2) is 8.35. The maximum absolute atomic E-state index is 12.3. The minimum atomic E-state index is -0.807. The van der Waals surface area contributed by atoms with Gasteiger partial charge < -0.3 is 18.9 Å². The van der Waals surface area contributed by atoms with Gasteiger partial charge in [-0.25, -0.2) is 4.79 Å². The highest BCUT2D eigenvalue weighted by Gasteiger charge is 2.26. The molecular weight excluding hydrogens is 352 g/mol. The SMILES string of the molecule is C=CCc1cc2cc(OC(C)=O)c(C(=O)OC)c(OC(C)=O)c2cc1OC. The number of allylic oxidation sites excluding steroid dienone is 1. The topological polar surface area (TPSA) is 88.1 Å². The van der Waals surface area contributed by atoms with Crippen LogP contribution < -0.4 is 14.2 Å². The Kier molecular flexibility index (Phi) is 6.18. The fraction of sp³-hybridized carbons (Fsp3) is 0.250. The molecule has 0 aromatic heterocycles. The molecule has 0 bridgehead atoms. The van der Waals surface area contributed by atoms with Crippen LogP contribution in [0, 0.1) is 0 Å². The average Bonchev–Trinajstić information content (AvgIpc) is 2.60. The van der Waals surface area contributed by atoms with Crippen LogP contribution in [0.25, 0.3) is 10.8 Å². The molecule has 0 unspecified atom stereocenters. The predicted molar refractivity (Wildman–Crippen MR) is 98.4 cm³/mol. The first-order valence-electron chi connectivity index (χ1n) is 8.06. The van der Waals surface area contributed by atoms with Gasteiger partial charge in [0.25, 0.3) is 0 Å². The summed E-state index contributed by atoms with van der Waals surface area (Å²) in [6.45, 7) is 6.12. The third-order valence-electron chi connectivity index (χ3n) is 3.71. The monoisotopic (exact) mass is 372 g/mol. The number of carbonyl (C=O) groups excluding carboxylic acids is 3. The Labute approximate surface area is 156 Å². The van der Waals surface area contributed by atoms with Gasteiger partial charge in [0.05, 0.1) is 14.2 Å². The smallest absolute Gasteiger partial charge is 0.345 e. The van der Waals surface area contributed by atoms with Gasteiger partial charge in [0.1, 0.15) is 17.1 Å². The number of benzene rings is 2. The van der Waals surface area contributed by atoms with E-state index in [1.807, 2.05) is 0 Å². The molecule has 27 heavy (non-hydrogen) atoms. The molecule has 0 saturated heterocycles. The number of hydrogen-bond donors (Lipinski definition) is 0. The van der Waals surface area contributed by atoms with Gasteiger partial charge in [0, 0.05) is 19.2 Å². The van der Waals surface area contributed by atoms with E-state index in [2.05, 4.69) is 6.58 Å². The Hall–Kier alpha value is -3.35. The molecule has 0 aliphatic rings. The summed E-state index contributed by atoms with van der Waals surface area (Å²) in [4.78, 5) is 35.5. The molecule has 0 radical (unpaired) electrons. The van der Waals surface area contributed by atoms with Gasteiger partial charge in [0.15, 0.2) is 5.75 Å². The highest BCUT2D eigenvalue weighted by Crippen LogP contribution is 2.41. The number of ether oxygens (including phenoxy) is 4. The van der Waals surface area contributed by atoms with Crippen LogP contribution in [0.15, 0.2) is 30.9 Å². The van der Waals surface area contributed by atoms with E-state index >= 15 is 0 Å². The summed E-state index contributed by atoms with van der Waals surface area (Å²) >= 11 is 0. The molecule has 0 atom stereocenters. The molecule has 7 heteroatoms. The van der Waals surface area contributed by atoms with Gasteiger partial charge in [-0.15, -0.1) is 6.58 Å². The van der Waals surface area contributed by atoms with Crippen molar-refractivity contribution in [3.8, 4) is 17.2 Å². The van der Waals surface area contributed by atoms with Gasteiger partial charge in [0.2, 0.25) is 0 Å². The van der Waals surface area contributed by atoms with Crippen molar-refractivity contribution in [2.24, 2.45) is 0 Å². The van der Waals surface area contributed by atoms with Crippen LogP contribution in [-0.4, -0.2) is 32.1 Å². The minimum absolute atomic E-state index is 0.0622. The fourth-order valence-electron chi connectivity index (χ4n) is 2.71. The van der Waals surface area contributed by atoms with E-state index in [4.69, 9.17) is 18.9 Å². The largest absolute Gasteiger partial charge is 0.496 e. The molecule has 2 rings (SSSR count). The van der Waals surface area contributed by atoms with Crippen molar-refractivity contribution in [3.63, 3.8) is 0 Å². The lowest BCUT2D eigenvalue weighted by Gasteiger charge is -2.17. The maximum atomic E-state index is 12.3. The van der Waals surface area contributed by atoms with Crippen molar-refractivity contribution >= 4 is 28.7 Å². The number of methoxy groups -OCH3 is 2. The lowest BCUT2D eigenvalue weighted by atomic mass is 9.99. The normalized spacial score (nSPS) is 10.2. The van der Waals surface area contributed by atoms with Crippen LogP contribution in [0.2, 0.25) is 0 Å². The summed E-state index contributed by atoms with van der Waals surface area (Å²) < 4.78 is 20.6. The zero-order chi connectivity index (χ0) is 20.1. The quantitative estimate of drug-likeness (QED) is 0.437. The predicted octanol–water partition coefficient (Wildman–Crippen LogP) is 3.21. The van der Waals surface area contributed by atoms with Crippen LogP contribution >= 0.6 is 0 Å². The molecule has 7 nitrogen and oxygen atoms in total. The van der Waals surface area contributed by atoms with Crippen LogP contribution in [0.5, 0.6) is 17.2 Å². The van der Waals surface area contributed by atoms with Gasteiger partial charge in [-0.05, 0) is 35.6 Å². The Morgan fingerprint density at radius 2 is 1.67 bits per heavy atom. The number of carbonyl (C=O) groups is 3. The third kappa shape index (κ3) is 4.25. The molecule has 0 aliphatic heterocycles. The first kappa shape index (κ1) is 20.0. The highest BCUT2D eigenvalue weighted by molar-refractivity contribution is 6.06. The van der Waals surface area contributed by atoms with Crippen molar-refractivity contribution in [2.45, 2.75) is 20.3 Å². The van der Waals surface area contributed by atoms with E-state index < -0.39 is 17.9 Å². The van der Waals surface area contributed by atoms with E-state index in [1.165, 1.54) is 34.1 Å². The van der Waals surface area contributed by atoms with Crippen molar-refractivity contribution in [3.05, 3.63) is 42.0 Å². The lowest BCUT2D eigenvalue weighted by molar-refractivity contribution is -0.132. The molecule has 2 aromatic rings. The van der Waals surface area contributed by atoms with Crippen LogP contribution in [0.1, 0.15) is 29.8 Å². The summed E-state index contributed by atoms with van der Waals surface area (Å²) in [6, 6.07) is 4.95. The molecular formula is C20H20O7. The van der Waals surface area contributed by atoms with Crippen molar-refractivity contribution in [1.29, 1.82) is 0 Å². The zero-order valence-electron chi connectivity index (χ0n) is 15.6. The second-order valence-electron chi connectivity index (χ2n) is 5.64.